The summed E-state index contributed by atoms with van der Waals surface area (Å²) in [7, 11) is 0. The second-order valence-corrected chi connectivity index (χ2v) is 6.94. The van der Waals surface area contributed by atoms with Gasteiger partial charge in [0.2, 0.25) is 0 Å². The van der Waals surface area contributed by atoms with Crippen molar-refractivity contribution in [2.45, 2.75) is 20.4 Å². The van der Waals surface area contributed by atoms with Gasteiger partial charge in [-0.05, 0) is 37.6 Å². The molecule has 7 heteroatoms. The maximum absolute atomic E-state index is 6.29. The first-order valence-electron chi connectivity index (χ1n) is 8.51. The van der Waals surface area contributed by atoms with Crippen molar-refractivity contribution in [3.63, 3.8) is 0 Å². The van der Waals surface area contributed by atoms with Crippen molar-refractivity contribution >= 4 is 28.3 Å². The van der Waals surface area contributed by atoms with E-state index in [9.17, 15) is 0 Å². The Hall–Kier alpha value is -2.18. The molecule has 6 nitrogen and oxygen atoms in total. The lowest BCUT2D eigenvalue weighted by Gasteiger charge is -2.35. The molecule has 0 saturated carbocycles. The van der Waals surface area contributed by atoms with Crippen LogP contribution in [-0.4, -0.2) is 51.2 Å². The van der Waals surface area contributed by atoms with Gasteiger partial charge in [0.25, 0.3) is 0 Å². The molecule has 1 saturated heterocycles. The third-order valence-corrected chi connectivity index (χ3v) is 5.03. The summed E-state index contributed by atoms with van der Waals surface area (Å²) in [6, 6.07) is 8.11. The number of aromatic amines is 1. The number of hydrogen-bond donors (Lipinski definition) is 1. The van der Waals surface area contributed by atoms with Crippen molar-refractivity contribution < 1.29 is 0 Å². The van der Waals surface area contributed by atoms with Crippen LogP contribution in [0, 0.1) is 13.8 Å². The molecular weight excluding hydrogens is 336 g/mol. The fraction of sp³-hybridized carbons (Fsp3) is 0.389. The summed E-state index contributed by atoms with van der Waals surface area (Å²) in [5, 5.41) is 8.90. The third-order valence-electron chi connectivity index (χ3n) is 4.70. The molecule has 0 spiro atoms. The maximum Gasteiger partial charge on any atom is 0.164 e. The normalized spacial score (nSPS) is 15.9. The molecule has 130 valence electrons. The zero-order valence-electron chi connectivity index (χ0n) is 14.5. The Kier molecular flexibility index (Phi) is 4.31. The summed E-state index contributed by atoms with van der Waals surface area (Å²) in [6.07, 6.45) is 0. The fourth-order valence-corrected chi connectivity index (χ4v) is 3.50. The van der Waals surface area contributed by atoms with Gasteiger partial charge >= 0.3 is 0 Å². The molecule has 0 amide bonds. The number of rotatable bonds is 3. The Labute approximate surface area is 151 Å². The van der Waals surface area contributed by atoms with E-state index in [1.54, 1.807) is 0 Å². The average molecular weight is 357 g/mol. The Morgan fingerprint density at radius 1 is 1.04 bits per heavy atom. The summed E-state index contributed by atoms with van der Waals surface area (Å²) in [4.78, 5) is 14.0. The van der Waals surface area contributed by atoms with Gasteiger partial charge in [0.05, 0.1) is 12.1 Å². The highest BCUT2D eigenvalue weighted by Crippen LogP contribution is 2.27. The van der Waals surface area contributed by atoms with Crippen molar-refractivity contribution in [3.8, 4) is 0 Å². The summed E-state index contributed by atoms with van der Waals surface area (Å²) < 4.78 is 0. The first kappa shape index (κ1) is 16.3. The number of nitrogens with one attached hydrogen (secondary N) is 1. The van der Waals surface area contributed by atoms with Crippen LogP contribution in [0.5, 0.6) is 0 Å². The van der Waals surface area contributed by atoms with Crippen LogP contribution in [0.2, 0.25) is 5.02 Å². The van der Waals surface area contributed by atoms with Crippen LogP contribution in [0.25, 0.3) is 10.9 Å². The first-order chi connectivity index (χ1) is 12.1. The third kappa shape index (κ3) is 3.32. The molecule has 0 aliphatic carbocycles. The van der Waals surface area contributed by atoms with Gasteiger partial charge in [0.1, 0.15) is 11.6 Å². The minimum atomic E-state index is 0.756. The minimum absolute atomic E-state index is 0.756. The minimum Gasteiger partial charge on any atom is -0.354 e. The smallest absolute Gasteiger partial charge is 0.164 e. The van der Waals surface area contributed by atoms with Gasteiger partial charge in [-0.2, -0.15) is 5.10 Å². The number of fused-ring (bicyclic) bond motifs is 1. The number of H-pyrrole nitrogens is 1. The lowest BCUT2D eigenvalue weighted by atomic mass is 10.1. The topological polar surface area (TPSA) is 60.9 Å². The van der Waals surface area contributed by atoms with E-state index in [1.165, 1.54) is 0 Å². The van der Waals surface area contributed by atoms with Gasteiger partial charge in [-0.1, -0.05) is 17.7 Å². The Bertz CT molecular complexity index is 898. The van der Waals surface area contributed by atoms with E-state index in [2.05, 4.69) is 44.0 Å². The van der Waals surface area contributed by atoms with Gasteiger partial charge in [-0.25, -0.2) is 9.97 Å². The number of anilines is 1. The largest absolute Gasteiger partial charge is 0.354 e. The number of halogens is 1. The zero-order chi connectivity index (χ0) is 17.4. The van der Waals surface area contributed by atoms with Crippen LogP contribution in [0.1, 0.15) is 17.2 Å². The number of nitrogens with zero attached hydrogens (tertiary/aromatic N) is 5. The van der Waals surface area contributed by atoms with Crippen LogP contribution in [0.4, 0.5) is 5.82 Å². The van der Waals surface area contributed by atoms with E-state index < -0.39 is 0 Å². The quantitative estimate of drug-likeness (QED) is 0.781. The summed E-state index contributed by atoms with van der Waals surface area (Å²) in [5.41, 5.74) is 2.14. The summed E-state index contributed by atoms with van der Waals surface area (Å²) in [6.45, 7) is 8.63. The van der Waals surface area contributed by atoms with Gasteiger partial charge in [-0.15, -0.1) is 0 Å². The van der Waals surface area contributed by atoms with E-state index in [4.69, 9.17) is 16.6 Å². The number of aryl methyl sites for hydroxylation is 2. The van der Waals surface area contributed by atoms with Crippen molar-refractivity contribution in [1.29, 1.82) is 0 Å². The molecule has 1 aromatic carbocycles. The van der Waals surface area contributed by atoms with Crippen LogP contribution < -0.4 is 4.90 Å². The van der Waals surface area contributed by atoms with E-state index >= 15 is 0 Å². The van der Waals surface area contributed by atoms with E-state index in [0.717, 1.165) is 71.7 Å². The molecule has 1 aliphatic heterocycles. The maximum atomic E-state index is 6.29. The van der Waals surface area contributed by atoms with Gasteiger partial charge in [-0.3, -0.25) is 10.00 Å². The predicted octanol–water partition coefficient (Wildman–Crippen LogP) is 2.95. The van der Waals surface area contributed by atoms with Gasteiger partial charge < -0.3 is 4.90 Å². The number of piperazine rings is 1. The van der Waals surface area contributed by atoms with Crippen molar-refractivity contribution in [2.24, 2.45) is 0 Å². The lowest BCUT2D eigenvalue weighted by molar-refractivity contribution is 0.244. The van der Waals surface area contributed by atoms with E-state index in [0.29, 0.717) is 0 Å². The molecular formula is C18H21ClN6. The molecule has 3 aromatic rings. The molecule has 1 N–H and O–H groups in total. The molecule has 0 bridgehead atoms. The zero-order valence-corrected chi connectivity index (χ0v) is 15.2. The molecule has 3 heterocycles. The Balaban J connectivity index is 1.47. The van der Waals surface area contributed by atoms with E-state index in [-0.39, 0.29) is 0 Å². The van der Waals surface area contributed by atoms with Crippen LogP contribution >= 0.6 is 11.6 Å². The van der Waals surface area contributed by atoms with Gasteiger partial charge in [0, 0.05) is 36.6 Å². The number of benzene rings is 1. The van der Waals surface area contributed by atoms with Crippen LogP contribution in [0.3, 0.4) is 0 Å². The number of aromatic nitrogens is 4. The molecule has 4 rings (SSSR count). The highest BCUT2D eigenvalue weighted by atomic mass is 35.5. The monoisotopic (exact) mass is 356 g/mol. The van der Waals surface area contributed by atoms with Crippen molar-refractivity contribution in [2.75, 3.05) is 31.1 Å². The number of pyridine rings is 1. The second-order valence-electron chi connectivity index (χ2n) is 6.53. The van der Waals surface area contributed by atoms with Crippen molar-refractivity contribution in [1.82, 2.24) is 25.1 Å². The molecule has 2 aromatic heterocycles. The highest BCUT2D eigenvalue weighted by Gasteiger charge is 2.20. The molecule has 1 fully saturated rings. The SMILES string of the molecule is Cc1nc(CN2CCN(c3ccc4c(Cl)ccc(C)c4n3)CC2)n[nH]1. The summed E-state index contributed by atoms with van der Waals surface area (Å²) >= 11 is 6.29. The van der Waals surface area contributed by atoms with E-state index in [1.807, 2.05) is 19.1 Å². The standard InChI is InChI=1S/C18H21ClN6/c1-12-3-5-15(19)14-4-6-17(21-18(12)14)25-9-7-24(8-10-25)11-16-20-13(2)22-23-16/h3-6H,7-11H2,1-2H3,(H,20,22,23). The fourth-order valence-electron chi connectivity index (χ4n) is 3.28. The van der Waals surface area contributed by atoms with Crippen LogP contribution in [0.15, 0.2) is 24.3 Å². The molecule has 0 radical (unpaired) electrons. The Morgan fingerprint density at radius 3 is 2.56 bits per heavy atom. The Morgan fingerprint density at radius 2 is 1.84 bits per heavy atom. The first-order valence-corrected chi connectivity index (χ1v) is 8.89. The van der Waals surface area contributed by atoms with Gasteiger partial charge in [0.15, 0.2) is 5.82 Å². The average Bonchev–Trinajstić information content (AvgIpc) is 3.03. The summed E-state index contributed by atoms with van der Waals surface area (Å²) in [5.74, 6) is 2.74. The molecule has 0 unspecified atom stereocenters. The molecule has 25 heavy (non-hydrogen) atoms. The molecule has 1 aliphatic rings. The highest BCUT2D eigenvalue weighted by molar-refractivity contribution is 6.35. The van der Waals surface area contributed by atoms with Crippen LogP contribution in [-0.2, 0) is 6.54 Å². The molecule has 0 atom stereocenters. The number of hydrogen-bond acceptors (Lipinski definition) is 5. The lowest BCUT2D eigenvalue weighted by Crippen LogP contribution is -2.46. The van der Waals surface area contributed by atoms with Crippen molar-refractivity contribution in [3.05, 3.63) is 46.5 Å². The predicted molar refractivity (Wildman–Crippen MR) is 100 cm³/mol. The second kappa shape index (κ2) is 6.61.